The third kappa shape index (κ3) is 3.65. The van der Waals surface area contributed by atoms with Crippen molar-refractivity contribution in [3.05, 3.63) is 0 Å². The number of carbonyl (C=O) groups is 1. The van der Waals surface area contributed by atoms with Crippen LogP contribution in [0, 0.1) is 5.92 Å². The number of morpholine rings is 1. The summed E-state index contributed by atoms with van der Waals surface area (Å²) in [4.78, 5) is 13.8. The van der Waals surface area contributed by atoms with Crippen LogP contribution in [0.3, 0.4) is 0 Å². The topological polar surface area (TPSA) is 29.5 Å². The van der Waals surface area contributed by atoms with E-state index in [4.69, 9.17) is 16.3 Å². The van der Waals surface area contributed by atoms with Gasteiger partial charge < -0.3 is 9.64 Å². The molecule has 0 aliphatic carbocycles. The highest BCUT2D eigenvalue weighted by atomic mass is 35.5. The van der Waals surface area contributed by atoms with Crippen LogP contribution in [-0.4, -0.2) is 42.0 Å². The second kappa shape index (κ2) is 5.71. The fourth-order valence-corrected chi connectivity index (χ4v) is 1.91. The fraction of sp³-hybridized carbons (Fsp3) is 0.909. The van der Waals surface area contributed by atoms with Crippen molar-refractivity contribution >= 4 is 17.5 Å². The predicted octanol–water partition coefficient (Wildman–Crippen LogP) is 1.89. The SMILES string of the molecule is CC(C)CC(=O)N1CC(CCl)OCC1C. The monoisotopic (exact) mass is 233 g/mol. The van der Waals surface area contributed by atoms with Crippen molar-refractivity contribution in [1.82, 2.24) is 4.90 Å². The number of amides is 1. The lowest BCUT2D eigenvalue weighted by molar-refractivity contribution is -0.143. The van der Waals surface area contributed by atoms with E-state index in [0.717, 1.165) is 0 Å². The van der Waals surface area contributed by atoms with E-state index in [9.17, 15) is 4.79 Å². The Kier molecular flexibility index (Phi) is 4.87. The molecule has 0 radical (unpaired) electrons. The minimum absolute atomic E-state index is 0.000945. The zero-order chi connectivity index (χ0) is 11.4. The van der Waals surface area contributed by atoms with Crippen molar-refractivity contribution in [2.75, 3.05) is 19.0 Å². The summed E-state index contributed by atoms with van der Waals surface area (Å²) in [6.45, 7) is 7.37. The number of ether oxygens (including phenoxy) is 1. The molecular formula is C11H20ClNO2. The summed E-state index contributed by atoms with van der Waals surface area (Å²) >= 11 is 5.74. The summed E-state index contributed by atoms with van der Waals surface area (Å²) in [6.07, 6.45) is 0.610. The Hall–Kier alpha value is -0.280. The van der Waals surface area contributed by atoms with Gasteiger partial charge in [0.2, 0.25) is 5.91 Å². The Bertz CT molecular complexity index is 221. The number of carbonyl (C=O) groups excluding carboxylic acids is 1. The van der Waals surface area contributed by atoms with Crippen LogP contribution < -0.4 is 0 Å². The molecule has 1 aliphatic heterocycles. The molecule has 2 atom stereocenters. The van der Waals surface area contributed by atoms with Gasteiger partial charge >= 0.3 is 0 Å². The van der Waals surface area contributed by atoms with Crippen LogP contribution in [0.1, 0.15) is 27.2 Å². The first-order valence-electron chi connectivity index (χ1n) is 5.51. The minimum atomic E-state index is -0.000945. The first kappa shape index (κ1) is 12.8. The van der Waals surface area contributed by atoms with Gasteiger partial charge in [-0.1, -0.05) is 13.8 Å². The summed E-state index contributed by atoms with van der Waals surface area (Å²) in [7, 11) is 0. The Morgan fingerprint density at radius 2 is 2.27 bits per heavy atom. The molecular weight excluding hydrogens is 214 g/mol. The van der Waals surface area contributed by atoms with Gasteiger partial charge in [0, 0.05) is 13.0 Å². The first-order valence-corrected chi connectivity index (χ1v) is 6.05. The number of rotatable bonds is 3. The summed E-state index contributed by atoms with van der Waals surface area (Å²) in [5.74, 6) is 1.08. The van der Waals surface area contributed by atoms with Crippen molar-refractivity contribution in [2.45, 2.75) is 39.3 Å². The maximum atomic E-state index is 11.9. The van der Waals surface area contributed by atoms with Crippen molar-refractivity contribution in [2.24, 2.45) is 5.92 Å². The van der Waals surface area contributed by atoms with Crippen LogP contribution in [0.2, 0.25) is 0 Å². The van der Waals surface area contributed by atoms with Gasteiger partial charge in [-0.25, -0.2) is 0 Å². The number of nitrogens with zero attached hydrogens (tertiary/aromatic N) is 1. The second-order valence-corrected chi connectivity index (χ2v) is 4.91. The standard InChI is InChI=1S/C11H20ClNO2/c1-8(2)4-11(14)13-6-10(5-12)15-7-9(13)3/h8-10H,4-7H2,1-3H3. The molecule has 1 amide bonds. The van der Waals surface area contributed by atoms with Crippen molar-refractivity contribution in [1.29, 1.82) is 0 Å². The van der Waals surface area contributed by atoms with Gasteiger partial charge in [0.15, 0.2) is 0 Å². The van der Waals surface area contributed by atoms with Crippen LogP contribution in [-0.2, 0) is 9.53 Å². The third-order valence-corrected chi connectivity index (χ3v) is 2.93. The van der Waals surface area contributed by atoms with Gasteiger partial charge in [-0.3, -0.25) is 4.79 Å². The molecule has 1 saturated heterocycles. The van der Waals surface area contributed by atoms with E-state index < -0.39 is 0 Å². The van der Waals surface area contributed by atoms with Crippen molar-refractivity contribution in [3.8, 4) is 0 Å². The van der Waals surface area contributed by atoms with Gasteiger partial charge in [0.25, 0.3) is 0 Å². The smallest absolute Gasteiger partial charge is 0.223 e. The zero-order valence-corrected chi connectivity index (χ0v) is 10.5. The normalized spacial score (nSPS) is 27.1. The highest BCUT2D eigenvalue weighted by Gasteiger charge is 2.29. The van der Waals surface area contributed by atoms with Gasteiger partial charge in [0.05, 0.1) is 24.6 Å². The molecule has 0 aromatic heterocycles. The molecule has 0 aromatic rings. The maximum Gasteiger partial charge on any atom is 0.223 e. The van der Waals surface area contributed by atoms with Gasteiger partial charge in [0.1, 0.15) is 0 Å². The quantitative estimate of drug-likeness (QED) is 0.697. The fourth-order valence-electron chi connectivity index (χ4n) is 1.72. The van der Waals surface area contributed by atoms with Crippen LogP contribution in [0.5, 0.6) is 0 Å². The summed E-state index contributed by atoms with van der Waals surface area (Å²) in [6, 6.07) is 0.177. The summed E-state index contributed by atoms with van der Waals surface area (Å²) in [5.41, 5.74) is 0. The summed E-state index contributed by atoms with van der Waals surface area (Å²) < 4.78 is 5.50. The van der Waals surface area contributed by atoms with E-state index in [2.05, 4.69) is 13.8 Å². The first-order chi connectivity index (χ1) is 7.04. The lowest BCUT2D eigenvalue weighted by atomic mass is 10.1. The Balaban J connectivity index is 2.53. The van der Waals surface area contributed by atoms with E-state index >= 15 is 0 Å². The lowest BCUT2D eigenvalue weighted by Crippen LogP contribution is -2.51. The van der Waals surface area contributed by atoms with E-state index in [-0.39, 0.29) is 18.1 Å². The van der Waals surface area contributed by atoms with Gasteiger partial charge in [-0.15, -0.1) is 11.6 Å². The number of hydrogen-bond acceptors (Lipinski definition) is 2. The number of halogens is 1. The highest BCUT2D eigenvalue weighted by molar-refractivity contribution is 6.18. The maximum absolute atomic E-state index is 11.9. The molecule has 1 fully saturated rings. The molecule has 3 nitrogen and oxygen atoms in total. The number of hydrogen-bond donors (Lipinski definition) is 0. The average Bonchev–Trinajstić information content (AvgIpc) is 2.17. The van der Waals surface area contributed by atoms with Gasteiger partial charge in [-0.05, 0) is 12.8 Å². The molecule has 0 spiro atoms. The van der Waals surface area contributed by atoms with Crippen LogP contribution in [0.15, 0.2) is 0 Å². The molecule has 0 bridgehead atoms. The van der Waals surface area contributed by atoms with Crippen LogP contribution in [0.4, 0.5) is 0 Å². The molecule has 0 saturated carbocycles. The molecule has 1 rings (SSSR count). The molecule has 88 valence electrons. The molecule has 0 aromatic carbocycles. The van der Waals surface area contributed by atoms with E-state index in [1.807, 2.05) is 11.8 Å². The van der Waals surface area contributed by atoms with Crippen molar-refractivity contribution in [3.63, 3.8) is 0 Å². The average molecular weight is 234 g/mol. The van der Waals surface area contributed by atoms with E-state index in [0.29, 0.717) is 31.4 Å². The molecule has 4 heteroatoms. The van der Waals surface area contributed by atoms with Crippen LogP contribution >= 0.6 is 11.6 Å². The molecule has 1 heterocycles. The Morgan fingerprint density at radius 1 is 1.60 bits per heavy atom. The zero-order valence-electron chi connectivity index (χ0n) is 9.70. The van der Waals surface area contributed by atoms with E-state index in [1.54, 1.807) is 0 Å². The second-order valence-electron chi connectivity index (χ2n) is 4.60. The van der Waals surface area contributed by atoms with E-state index in [1.165, 1.54) is 0 Å². The van der Waals surface area contributed by atoms with Gasteiger partial charge in [-0.2, -0.15) is 0 Å². The lowest BCUT2D eigenvalue weighted by Gasteiger charge is -2.37. The largest absolute Gasteiger partial charge is 0.373 e. The molecule has 1 aliphatic rings. The predicted molar refractivity (Wildman–Crippen MR) is 61.1 cm³/mol. The summed E-state index contributed by atoms with van der Waals surface area (Å²) in [5, 5.41) is 0. The number of alkyl halides is 1. The minimum Gasteiger partial charge on any atom is -0.373 e. The molecule has 0 N–H and O–H groups in total. The third-order valence-electron chi connectivity index (χ3n) is 2.58. The Labute approximate surface area is 96.7 Å². The Morgan fingerprint density at radius 3 is 2.80 bits per heavy atom. The van der Waals surface area contributed by atoms with Crippen molar-refractivity contribution < 1.29 is 9.53 Å². The van der Waals surface area contributed by atoms with Crippen LogP contribution in [0.25, 0.3) is 0 Å². The highest BCUT2D eigenvalue weighted by Crippen LogP contribution is 2.15. The molecule has 2 unspecified atom stereocenters. The molecule has 15 heavy (non-hydrogen) atoms.